The van der Waals surface area contributed by atoms with Gasteiger partial charge in [-0.1, -0.05) is 23.2 Å². The number of halogens is 2. The minimum absolute atomic E-state index is 0.474. The quantitative estimate of drug-likeness (QED) is 0.842. The molecule has 0 fully saturated rings. The fourth-order valence-corrected chi connectivity index (χ4v) is 1.71. The molecule has 0 saturated carbocycles. The Labute approximate surface area is 93.8 Å². The lowest BCUT2D eigenvalue weighted by molar-refractivity contribution is 0.177. The molecule has 2 N–H and O–H groups in total. The molecule has 14 heavy (non-hydrogen) atoms. The monoisotopic (exact) mass is 233 g/mol. The molecule has 0 aliphatic heterocycles. The molecule has 0 aliphatic carbocycles. The van der Waals surface area contributed by atoms with Gasteiger partial charge in [-0.2, -0.15) is 0 Å². The SMILES string of the molecule is CNCC(O)c1cc(Cl)c(Cl)cc1C. The lowest BCUT2D eigenvalue weighted by Gasteiger charge is -2.14. The fraction of sp³-hybridized carbons (Fsp3) is 0.400. The average molecular weight is 234 g/mol. The highest BCUT2D eigenvalue weighted by atomic mass is 35.5. The number of rotatable bonds is 3. The largest absolute Gasteiger partial charge is 0.387 e. The van der Waals surface area contributed by atoms with Crippen LogP contribution in [-0.4, -0.2) is 18.7 Å². The first kappa shape index (κ1) is 11.8. The zero-order valence-electron chi connectivity index (χ0n) is 8.14. The van der Waals surface area contributed by atoms with E-state index in [0.717, 1.165) is 11.1 Å². The standard InChI is InChI=1S/C10H13Cl2NO/c1-6-3-8(11)9(12)4-7(6)10(14)5-13-2/h3-4,10,13-14H,5H2,1-2H3. The molecule has 0 aromatic heterocycles. The summed E-state index contributed by atoms with van der Waals surface area (Å²) in [6, 6.07) is 3.47. The predicted octanol–water partition coefficient (Wildman–Crippen LogP) is 2.55. The number of aliphatic hydroxyl groups is 1. The van der Waals surface area contributed by atoms with Gasteiger partial charge in [-0.15, -0.1) is 0 Å². The van der Waals surface area contributed by atoms with Crippen molar-refractivity contribution in [2.24, 2.45) is 0 Å². The first-order valence-corrected chi connectivity index (χ1v) is 5.10. The summed E-state index contributed by atoms with van der Waals surface area (Å²) >= 11 is 11.7. The molecule has 4 heteroatoms. The van der Waals surface area contributed by atoms with E-state index in [2.05, 4.69) is 5.32 Å². The van der Waals surface area contributed by atoms with Gasteiger partial charge in [0.2, 0.25) is 0 Å². The van der Waals surface area contributed by atoms with E-state index in [1.165, 1.54) is 0 Å². The summed E-state index contributed by atoms with van der Waals surface area (Å²) < 4.78 is 0. The Kier molecular flexibility index (Phi) is 4.20. The van der Waals surface area contributed by atoms with Crippen LogP contribution < -0.4 is 5.32 Å². The van der Waals surface area contributed by atoms with Crippen molar-refractivity contribution in [2.45, 2.75) is 13.0 Å². The third-order valence-electron chi connectivity index (χ3n) is 2.07. The summed E-state index contributed by atoms with van der Waals surface area (Å²) in [5.41, 5.74) is 1.76. The summed E-state index contributed by atoms with van der Waals surface area (Å²) in [6.07, 6.45) is -0.547. The number of hydrogen-bond acceptors (Lipinski definition) is 2. The van der Waals surface area contributed by atoms with Gasteiger partial charge in [-0.05, 0) is 37.2 Å². The minimum atomic E-state index is -0.547. The highest BCUT2D eigenvalue weighted by Gasteiger charge is 2.11. The third kappa shape index (κ3) is 2.61. The summed E-state index contributed by atoms with van der Waals surface area (Å²) in [5.74, 6) is 0. The molecule has 0 amide bonds. The molecule has 0 saturated heterocycles. The molecule has 1 unspecified atom stereocenters. The second-order valence-corrected chi connectivity index (χ2v) is 4.01. The van der Waals surface area contributed by atoms with Crippen LogP contribution in [0, 0.1) is 6.92 Å². The fourth-order valence-electron chi connectivity index (χ4n) is 1.32. The van der Waals surface area contributed by atoms with Crippen LogP contribution in [0.2, 0.25) is 10.0 Å². The van der Waals surface area contributed by atoms with Crippen LogP contribution in [0.5, 0.6) is 0 Å². The van der Waals surface area contributed by atoms with Crippen molar-refractivity contribution < 1.29 is 5.11 Å². The van der Waals surface area contributed by atoms with Gasteiger partial charge in [0.05, 0.1) is 16.1 Å². The van der Waals surface area contributed by atoms with Crippen molar-refractivity contribution in [2.75, 3.05) is 13.6 Å². The molecule has 0 bridgehead atoms. The van der Waals surface area contributed by atoms with E-state index in [4.69, 9.17) is 23.2 Å². The van der Waals surface area contributed by atoms with E-state index in [-0.39, 0.29) is 0 Å². The molecular weight excluding hydrogens is 221 g/mol. The van der Waals surface area contributed by atoms with E-state index in [9.17, 15) is 5.11 Å². The van der Waals surface area contributed by atoms with Crippen molar-refractivity contribution in [3.63, 3.8) is 0 Å². The lowest BCUT2D eigenvalue weighted by atomic mass is 10.0. The number of nitrogens with one attached hydrogen (secondary N) is 1. The van der Waals surface area contributed by atoms with Crippen LogP contribution in [0.3, 0.4) is 0 Å². The molecule has 0 spiro atoms. The van der Waals surface area contributed by atoms with E-state index >= 15 is 0 Å². The number of likely N-dealkylation sites (N-methyl/N-ethyl adjacent to an activating group) is 1. The maximum Gasteiger partial charge on any atom is 0.0917 e. The Morgan fingerprint density at radius 2 is 1.93 bits per heavy atom. The first-order chi connectivity index (χ1) is 6.56. The summed E-state index contributed by atoms with van der Waals surface area (Å²) in [5, 5.41) is 13.6. The smallest absolute Gasteiger partial charge is 0.0917 e. The lowest BCUT2D eigenvalue weighted by Crippen LogP contribution is -2.17. The van der Waals surface area contributed by atoms with Gasteiger partial charge >= 0.3 is 0 Å². The highest BCUT2D eigenvalue weighted by molar-refractivity contribution is 6.42. The Morgan fingerprint density at radius 1 is 1.36 bits per heavy atom. The van der Waals surface area contributed by atoms with Gasteiger partial charge in [0.25, 0.3) is 0 Å². The molecule has 0 heterocycles. The first-order valence-electron chi connectivity index (χ1n) is 4.34. The summed E-state index contributed by atoms with van der Waals surface area (Å²) in [4.78, 5) is 0. The minimum Gasteiger partial charge on any atom is -0.387 e. The maximum atomic E-state index is 9.75. The van der Waals surface area contributed by atoms with Crippen molar-refractivity contribution in [3.05, 3.63) is 33.3 Å². The molecule has 1 aromatic carbocycles. The van der Waals surface area contributed by atoms with Crippen LogP contribution >= 0.6 is 23.2 Å². The zero-order valence-corrected chi connectivity index (χ0v) is 9.65. The van der Waals surface area contributed by atoms with E-state index < -0.39 is 6.10 Å². The Balaban J connectivity index is 3.02. The van der Waals surface area contributed by atoms with Crippen LogP contribution in [0.25, 0.3) is 0 Å². The summed E-state index contributed by atoms with van der Waals surface area (Å²) in [7, 11) is 1.79. The molecule has 78 valence electrons. The molecule has 1 atom stereocenters. The topological polar surface area (TPSA) is 32.3 Å². The molecular formula is C10H13Cl2NO. The Hall–Kier alpha value is -0.280. The normalized spacial score (nSPS) is 12.9. The van der Waals surface area contributed by atoms with Crippen molar-refractivity contribution in [3.8, 4) is 0 Å². The zero-order chi connectivity index (χ0) is 10.7. The molecule has 0 radical (unpaired) electrons. The number of aliphatic hydroxyl groups excluding tert-OH is 1. The number of hydrogen-bond donors (Lipinski definition) is 2. The van der Waals surface area contributed by atoms with Crippen LogP contribution in [-0.2, 0) is 0 Å². The van der Waals surface area contributed by atoms with E-state index in [1.807, 2.05) is 6.92 Å². The molecule has 1 aromatic rings. The van der Waals surface area contributed by atoms with Crippen LogP contribution in [0.15, 0.2) is 12.1 Å². The second kappa shape index (κ2) is 4.99. The van der Waals surface area contributed by atoms with Crippen LogP contribution in [0.1, 0.15) is 17.2 Å². The van der Waals surface area contributed by atoms with E-state index in [1.54, 1.807) is 19.2 Å². The average Bonchev–Trinajstić information content (AvgIpc) is 2.11. The number of benzene rings is 1. The molecule has 2 nitrogen and oxygen atoms in total. The van der Waals surface area contributed by atoms with Gasteiger partial charge in [-0.3, -0.25) is 0 Å². The Bertz CT molecular complexity index is 328. The molecule has 0 aliphatic rings. The van der Waals surface area contributed by atoms with Gasteiger partial charge < -0.3 is 10.4 Å². The maximum absolute atomic E-state index is 9.75. The van der Waals surface area contributed by atoms with E-state index in [0.29, 0.717) is 16.6 Å². The van der Waals surface area contributed by atoms with Gasteiger partial charge in [0.15, 0.2) is 0 Å². The molecule has 1 rings (SSSR count). The second-order valence-electron chi connectivity index (χ2n) is 3.20. The van der Waals surface area contributed by atoms with Crippen LogP contribution in [0.4, 0.5) is 0 Å². The highest BCUT2D eigenvalue weighted by Crippen LogP contribution is 2.28. The van der Waals surface area contributed by atoms with Gasteiger partial charge in [0, 0.05) is 6.54 Å². The Morgan fingerprint density at radius 3 is 2.50 bits per heavy atom. The summed E-state index contributed by atoms with van der Waals surface area (Å²) in [6.45, 7) is 2.40. The number of aryl methyl sites for hydroxylation is 1. The van der Waals surface area contributed by atoms with Crippen molar-refractivity contribution >= 4 is 23.2 Å². The predicted molar refractivity (Wildman–Crippen MR) is 60.1 cm³/mol. The van der Waals surface area contributed by atoms with Crippen molar-refractivity contribution in [1.82, 2.24) is 5.32 Å². The van der Waals surface area contributed by atoms with Crippen molar-refractivity contribution in [1.29, 1.82) is 0 Å². The van der Waals surface area contributed by atoms with Gasteiger partial charge in [-0.25, -0.2) is 0 Å². The third-order valence-corrected chi connectivity index (χ3v) is 2.79. The van der Waals surface area contributed by atoms with Gasteiger partial charge in [0.1, 0.15) is 0 Å².